The van der Waals surface area contributed by atoms with Gasteiger partial charge < -0.3 is 5.32 Å². The van der Waals surface area contributed by atoms with E-state index < -0.39 is 23.7 Å². The second kappa shape index (κ2) is 6.61. The Kier molecular flexibility index (Phi) is 4.52. The van der Waals surface area contributed by atoms with Crippen LogP contribution < -0.4 is 5.32 Å². The Morgan fingerprint density at radius 1 is 1.33 bits per heavy atom. The molecule has 0 amide bonds. The Balaban J connectivity index is 1.93. The van der Waals surface area contributed by atoms with Crippen LogP contribution in [0, 0.1) is 5.82 Å². The van der Waals surface area contributed by atoms with Crippen molar-refractivity contribution < 1.29 is 17.6 Å². The van der Waals surface area contributed by atoms with Crippen LogP contribution in [0.2, 0.25) is 4.34 Å². The number of rotatable bonds is 3. The maximum Gasteiger partial charge on any atom is 0.435 e. The first kappa shape index (κ1) is 18.5. The maximum atomic E-state index is 14.8. The van der Waals surface area contributed by atoms with Gasteiger partial charge in [-0.2, -0.15) is 18.3 Å². The second-order valence-electron chi connectivity index (χ2n) is 6.19. The van der Waals surface area contributed by atoms with Crippen molar-refractivity contribution in [3.05, 3.63) is 62.3 Å². The molecular formula is C18H14ClF4N3S. The Labute approximate surface area is 161 Å². The van der Waals surface area contributed by atoms with Crippen LogP contribution in [-0.4, -0.2) is 9.78 Å². The van der Waals surface area contributed by atoms with Gasteiger partial charge in [0.1, 0.15) is 5.82 Å². The molecular weight excluding hydrogens is 402 g/mol. The van der Waals surface area contributed by atoms with Crippen molar-refractivity contribution in [2.24, 2.45) is 0 Å². The summed E-state index contributed by atoms with van der Waals surface area (Å²) in [4.78, 5) is 1.00. The number of hydrogen-bond acceptors (Lipinski definition) is 3. The number of thiophene rings is 1. The van der Waals surface area contributed by atoms with Crippen molar-refractivity contribution in [1.82, 2.24) is 15.1 Å². The van der Waals surface area contributed by atoms with E-state index >= 15 is 0 Å². The van der Waals surface area contributed by atoms with Crippen molar-refractivity contribution in [1.29, 1.82) is 0 Å². The van der Waals surface area contributed by atoms with E-state index in [1.54, 1.807) is 19.1 Å². The average molecular weight is 416 g/mol. The highest BCUT2D eigenvalue weighted by atomic mass is 35.5. The topological polar surface area (TPSA) is 29.9 Å². The van der Waals surface area contributed by atoms with E-state index in [0.29, 0.717) is 16.4 Å². The third kappa shape index (κ3) is 3.15. The first-order valence-corrected chi connectivity index (χ1v) is 9.44. The molecule has 3 aromatic rings. The monoisotopic (exact) mass is 415 g/mol. The molecule has 142 valence electrons. The molecule has 0 aliphatic carbocycles. The number of hydrogen-bond donors (Lipinski definition) is 1. The lowest BCUT2D eigenvalue weighted by atomic mass is 9.92. The zero-order valence-electron chi connectivity index (χ0n) is 14.1. The number of halogens is 5. The first-order chi connectivity index (χ1) is 12.8. The molecule has 4 rings (SSSR count). The van der Waals surface area contributed by atoms with Gasteiger partial charge in [0, 0.05) is 35.3 Å². The number of nitrogens with zero attached hydrogens (tertiary/aromatic N) is 2. The van der Waals surface area contributed by atoms with Gasteiger partial charge in [0.2, 0.25) is 0 Å². The van der Waals surface area contributed by atoms with Crippen LogP contribution in [0.1, 0.15) is 34.7 Å². The Hall–Kier alpha value is -1.90. The van der Waals surface area contributed by atoms with E-state index in [9.17, 15) is 17.6 Å². The molecule has 27 heavy (non-hydrogen) atoms. The molecule has 1 unspecified atom stereocenters. The summed E-state index contributed by atoms with van der Waals surface area (Å²) in [7, 11) is 0. The summed E-state index contributed by atoms with van der Waals surface area (Å²) >= 11 is 7.49. The number of alkyl halides is 3. The standard InChI is InChI=1S/C18H14ClF4N3S/c1-2-26-8-11(17(25-26)18(21,22)23)15-9(4-3-5-12(15)20)16-10-6-14(19)27-13(10)7-24-16/h3-6,8,16,24H,2,7H2,1H3. The quantitative estimate of drug-likeness (QED) is 0.561. The van der Waals surface area contributed by atoms with E-state index in [4.69, 9.17) is 11.6 Å². The number of fused-ring (bicyclic) bond motifs is 1. The molecule has 1 aliphatic heterocycles. The molecule has 3 nitrogen and oxygen atoms in total. The van der Waals surface area contributed by atoms with Crippen LogP contribution >= 0.6 is 22.9 Å². The summed E-state index contributed by atoms with van der Waals surface area (Å²) in [6.45, 7) is 2.46. The average Bonchev–Trinajstić information content (AvgIpc) is 3.27. The number of benzene rings is 1. The second-order valence-corrected chi connectivity index (χ2v) is 7.96. The van der Waals surface area contributed by atoms with E-state index in [2.05, 4.69) is 10.4 Å². The molecule has 2 aromatic heterocycles. The van der Waals surface area contributed by atoms with Crippen LogP contribution in [0.25, 0.3) is 11.1 Å². The van der Waals surface area contributed by atoms with Crippen LogP contribution in [0.5, 0.6) is 0 Å². The minimum Gasteiger partial charge on any atom is -0.301 e. The number of nitrogens with one attached hydrogen (secondary N) is 1. The summed E-state index contributed by atoms with van der Waals surface area (Å²) in [5.41, 5.74) is -0.124. The van der Waals surface area contributed by atoms with Gasteiger partial charge in [0.25, 0.3) is 0 Å². The summed E-state index contributed by atoms with van der Waals surface area (Å²) < 4.78 is 57.2. The minimum atomic E-state index is -4.69. The fourth-order valence-corrected chi connectivity index (χ4v) is 4.68. The van der Waals surface area contributed by atoms with E-state index in [0.717, 1.165) is 10.4 Å². The number of aromatic nitrogens is 2. The van der Waals surface area contributed by atoms with Gasteiger partial charge in [-0.05, 0) is 30.2 Å². The highest BCUT2D eigenvalue weighted by Crippen LogP contribution is 2.44. The minimum absolute atomic E-state index is 0.0859. The van der Waals surface area contributed by atoms with Gasteiger partial charge in [0.15, 0.2) is 5.69 Å². The lowest BCUT2D eigenvalue weighted by molar-refractivity contribution is -0.141. The van der Waals surface area contributed by atoms with E-state index in [-0.39, 0.29) is 17.7 Å². The molecule has 0 saturated carbocycles. The molecule has 1 aromatic carbocycles. The van der Waals surface area contributed by atoms with Crippen molar-refractivity contribution >= 4 is 22.9 Å². The van der Waals surface area contributed by atoms with Crippen LogP contribution in [0.4, 0.5) is 17.6 Å². The third-order valence-corrected chi connectivity index (χ3v) is 5.85. The van der Waals surface area contributed by atoms with Gasteiger partial charge >= 0.3 is 6.18 Å². The SMILES string of the molecule is CCn1cc(-c2c(F)cccc2C2NCc3sc(Cl)cc32)c(C(F)(F)F)n1. The van der Waals surface area contributed by atoms with Gasteiger partial charge in [-0.3, -0.25) is 4.68 Å². The molecule has 3 heterocycles. The van der Waals surface area contributed by atoms with E-state index in [1.807, 2.05) is 0 Å². The van der Waals surface area contributed by atoms with Crippen molar-refractivity contribution in [3.8, 4) is 11.1 Å². The molecule has 0 saturated heterocycles. The zero-order chi connectivity index (χ0) is 19.3. The molecule has 0 radical (unpaired) electrons. The van der Waals surface area contributed by atoms with Crippen LogP contribution in [0.15, 0.2) is 30.5 Å². The normalized spacial score (nSPS) is 16.7. The van der Waals surface area contributed by atoms with Gasteiger partial charge in [-0.25, -0.2) is 4.39 Å². The molecule has 0 fully saturated rings. The Morgan fingerprint density at radius 2 is 2.11 bits per heavy atom. The molecule has 1 aliphatic rings. The predicted molar refractivity (Wildman–Crippen MR) is 96.3 cm³/mol. The predicted octanol–water partition coefficient (Wildman–Crippen LogP) is 5.64. The fraction of sp³-hybridized carbons (Fsp3) is 0.278. The molecule has 1 N–H and O–H groups in total. The van der Waals surface area contributed by atoms with Crippen molar-refractivity contribution in [2.75, 3.05) is 0 Å². The first-order valence-electron chi connectivity index (χ1n) is 8.24. The largest absolute Gasteiger partial charge is 0.435 e. The van der Waals surface area contributed by atoms with Crippen LogP contribution in [0.3, 0.4) is 0 Å². The summed E-state index contributed by atoms with van der Waals surface area (Å²) in [5.74, 6) is -0.717. The lowest BCUT2D eigenvalue weighted by Crippen LogP contribution is -2.16. The molecule has 1 atom stereocenters. The molecule has 0 spiro atoms. The fourth-order valence-electron chi connectivity index (χ4n) is 3.41. The summed E-state index contributed by atoms with van der Waals surface area (Å²) in [6, 6.07) is 5.65. The summed E-state index contributed by atoms with van der Waals surface area (Å²) in [5, 5.41) is 6.86. The van der Waals surface area contributed by atoms with Crippen LogP contribution in [-0.2, 0) is 19.3 Å². The highest BCUT2D eigenvalue weighted by Gasteiger charge is 2.39. The zero-order valence-corrected chi connectivity index (χ0v) is 15.6. The van der Waals surface area contributed by atoms with Gasteiger partial charge in [-0.1, -0.05) is 23.7 Å². The van der Waals surface area contributed by atoms with Gasteiger partial charge in [-0.15, -0.1) is 11.3 Å². The smallest absolute Gasteiger partial charge is 0.301 e. The van der Waals surface area contributed by atoms with Crippen molar-refractivity contribution in [2.45, 2.75) is 32.2 Å². The highest BCUT2D eigenvalue weighted by molar-refractivity contribution is 7.16. The maximum absolute atomic E-state index is 14.8. The number of aryl methyl sites for hydroxylation is 1. The molecule has 9 heteroatoms. The lowest BCUT2D eigenvalue weighted by Gasteiger charge is -2.18. The summed E-state index contributed by atoms with van der Waals surface area (Å²) in [6.07, 6.45) is -3.43. The third-order valence-electron chi connectivity index (χ3n) is 4.57. The van der Waals surface area contributed by atoms with Crippen molar-refractivity contribution in [3.63, 3.8) is 0 Å². The molecule has 0 bridgehead atoms. The Bertz CT molecular complexity index is 1010. The Morgan fingerprint density at radius 3 is 2.81 bits per heavy atom. The van der Waals surface area contributed by atoms with E-state index in [1.165, 1.54) is 34.3 Å². The van der Waals surface area contributed by atoms with Gasteiger partial charge in [0.05, 0.1) is 10.4 Å².